The minimum atomic E-state index is 0.238. The van der Waals surface area contributed by atoms with Crippen LogP contribution in [0.2, 0.25) is 0 Å². The van der Waals surface area contributed by atoms with Crippen molar-refractivity contribution in [1.29, 1.82) is 0 Å². The van der Waals surface area contributed by atoms with Crippen molar-refractivity contribution in [2.45, 2.75) is 19.3 Å². The number of benzene rings is 1. The highest BCUT2D eigenvalue weighted by Gasteiger charge is 2.37. The number of rotatable bonds is 6. The SMILES string of the molecule is COCC1(CNc2nnnn2-c2ccccc2)CCC1. The van der Waals surface area contributed by atoms with Gasteiger partial charge >= 0.3 is 0 Å². The van der Waals surface area contributed by atoms with Crippen LogP contribution in [0.3, 0.4) is 0 Å². The van der Waals surface area contributed by atoms with Crippen LogP contribution in [-0.2, 0) is 4.74 Å². The van der Waals surface area contributed by atoms with Gasteiger partial charge in [0.15, 0.2) is 0 Å². The fourth-order valence-electron chi connectivity index (χ4n) is 2.66. The van der Waals surface area contributed by atoms with E-state index < -0.39 is 0 Å². The van der Waals surface area contributed by atoms with E-state index in [1.54, 1.807) is 11.8 Å². The van der Waals surface area contributed by atoms with Gasteiger partial charge in [-0.1, -0.05) is 29.7 Å². The topological polar surface area (TPSA) is 64.9 Å². The van der Waals surface area contributed by atoms with Crippen molar-refractivity contribution < 1.29 is 4.74 Å². The van der Waals surface area contributed by atoms with Crippen LogP contribution in [0.1, 0.15) is 19.3 Å². The minimum Gasteiger partial charge on any atom is -0.384 e. The lowest BCUT2D eigenvalue weighted by molar-refractivity contribution is 0.0281. The van der Waals surface area contributed by atoms with Gasteiger partial charge in [0, 0.05) is 19.1 Å². The molecule has 0 aliphatic heterocycles. The van der Waals surface area contributed by atoms with E-state index in [1.807, 2.05) is 30.3 Å². The zero-order chi connectivity index (χ0) is 13.8. The standard InChI is InChI=1S/C14H19N5O/c1-20-11-14(8-5-9-14)10-15-13-16-17-18-19(13)12-6-3-2-4-7-12/h2-4,6-7H,5,8-11H2,1H3,(H,15,16,18). The van der Waals surface area contributed by atoms with Crippen molar-refractivity contribution in [1.82, 2.24) is 20.2 Å². The molecule has 2 aromatic rings. The third-order valence-electron chi connectivity index (χ3n) is 3.96. The lowest BCUT2D eigenvalue weighted by Crippen LogP contribution is -2.40. The number of aromatic nitrogens is 4. The van der Waals surface area contributed by atoms with Gasteiger partial charge in [0.05, 0.1) is 12.3 Å². The Morgan fingerprint density at radius 1 is 1.30 bits per heavy atom. The van der Waals surface area contributed by atoms with E-state index in [1.165, 1.54) is 19.3 Å². The molecule has 0 spiro atoms. The fourth-order valence-corrected chi connectivity index (χ4v) is 2.66. The number of methoxy groups -OCH3 is 1. The Balaban J connectivity index is 1.71. The van der Waals surface area contributed by atoms with E-state index in [9.17, 15) is 0 Å². The summed E-state index contributed by atoms with van der Waals surface area (Å²) in [5, 5.41) is 15.2. The van der Waals surface area contributed by atoms with Crippen LogP contribution >= 0.6 is 0 Å². The van der Waals surface area contributed by atoms with Crippen LogP contribution in [0.15, 0.2) is 30.3 Å². The lowest BCUT2D eigenvalue weighted by atomic mass is 9.69. The van der Waals surface area contributed by atoms with Crippen LogP contribution in [0.5, 0.6) is 0 Å². The molecule has 1 aliphatic carbocycles. The molecule has 1 N–H and O–H groups in total. The molecule has 0 saturated heterocycles. The first-order valence-electron chi connectivity index (χ1n) is 6.90. The number of hydrogen-bond donors (Lipinski definition) is 1. The first-order valence-corrected chi connectivity index (χ1v) is 6.90. The van der Waals surface area contributed by atoms with E-state index in [2.05, 4.69) is 20.8 Å². The van der Waals surface area contributed by atoms with Gasteiger partial charge in [-0.15, -0.1) is 0 Å². The molecule has 1 aromatic heterocycles. The van der Waals surface area contributed by atoms with E-state index in [-0.39, 0.29) is 5.41 Å². The normalized spacial score (nSPS) is 16.6. The highest BCUT2D eigenvalue weighted by molar-refractivity contribution is 5.38. The Morgan fingerprint density at radius 3 is 2.75 bits per heavy atom. The second-order valence-corrected chi connectivity index (χ2v) is 5.39. The molecule has 0 unspecified atom stereocenters. The highest BCUT2D eigenvalue weighted by Crippen LogP contribution is 2.41. The molecule has 1 saturated carbocycles. The van der Waals surface area contributed by atoms with Crippen molar-refractivity contribution in [3.05, 3.63) is 30.3 Å². The van der Waals surface area contributed by atoms with E-state index >= 15 is 0 Å². The first kappa shape index (κ1) is 13.1. The molecule has 1 aliphatic rings. The first-order chi connectivity index (χ1) is 9.83. The summed E-state index contributed by atoms with van der Waals surface area (Å²) < 4.78 is 7.06. The summed E-state index contributed by atoms with van der Waals surface area (Å²) in [6.07, 6.45) is 3.66. The molecule has 1 fully saturated rings. The molecule has 20 heavy (non-hydrogen) atoms. The molecule has 0 amide bonds. The van der Waals surface area contributed by atoms with E-state index in [4.69, 9.17) is 4.74 Å². The van der Waals surface area contributed by atoms with Crippen molar-refractivity contribution in [3.8, 4) is 5.69 Å². The number of nitrogens with zero attached hydrogens (tertiary/aromatic N) is 4. The van der Waals surface area contributed by atoms with Gasteiger partial charge in [-0.2, -0.15) is 4.68 Å². The summed E-state index contributed by atoms with van der Waals surface area (Å²) in [6.45, 7) is 1.63. The molecule has 1 aromatic carbocycles. The van der Waals surface area contributed by atoms with Gasteiger partial charge in [0.2, 0.25) is 5.95 Å². The zero-order valence-corrected chi connectivity index (χ0v) is 11.6. The number of para-hydroxylation sites is 1. The Kier molecular flexibility index (Phi) is 3.64. The third-order valence-corrected chi connectivity index (χ3v) is 3.96. The fraction of sp³-hybridized carbons (Fsp3) is 0.500. The van der Waals surface area contributed by atoms with Crippen molar-refractivity contribution in [2.24, 2.45) is 5.41 Å². The lowest BCUT2D eigenvalue weighted by Gasteiger charge is -2.41. The summed E-state index contributed by atoms with van der Waals surface area (Å²) >= 11 is 0. The summed E-state index contributed by atoms with van der Waals surface area (Å²) in [4.78, 5) is 0. The number of hydrogen-bond acceptors (Lipinski definition) is 5. The number of anilines is 1. The van der Waals surface area contributed by atoms with Crippen LogP contribution in [0.4, 0.5) is 5.95 Å². The largest absolute Gasteiger partial charge is 0.384 e. The molecule has 6 nitrogen and oxygen atoms in total. The molecular weight excluding hydrogens is 254 g/mol. The van der Waals surface area contributed by atoms with Crippen LogP contribution in [-0.4, -0.2) is 40.5 Å². The highest BCUT2D eigenvalue weighted by atomic mass is 16.5. The third kappa shape index (κ3) is 2.51. The average Bonchev–Trinajstić information content (AvgIpc) is 2.91. The van der Waals surface area contributed by atoms with Gasteiger partial charge in [-0.3, -0.25) is 0 Å². The molecular formula is C14H19N5O. The quantitative estimate of drug-likeness (QED) is 0.870. The monoisotopic (exact) mass is 273 g/mol. The van der Waals surface area contributed by atoms with Gasteiger partial charge in [-0.25, -0.2) is 0 Å². The molecule has 0 atom stereocenters. The smallest absolute Gasteiger partial charge is 0.247 e. The van der Waals surface area contributed by atoms with Crippen molar-refractivity contribution in [3.63, 3.8) is 0 Å². The summed E-state index contributed by atoms with van der Waals surface area (Å²) in [7, 11) is 1.76. The van der Waals surface area contributed by atoms with Gasteiger partial charge in [-0.05, 0) is 35.4 Å². The van der Waals surface area contributed by atoms with Crippen molar-refractivity contribution >= 4 is 5.95 Å². The van der Waals surface area contributed by atoms with Gasteiger partial charge in [0.1, 0.15) is 0 Å². The summed E-state index contributed by atoms with van der Waals surface area (Å²) in [6, 6.07) is 9.88. The Labute approximate surface area is 118 Å². The number of tetrazole rings is 1. The maximum absolute atomic E-state index is 5.34. The van der Waals surface area contributed by atoms with Gasteiger partial charge in [0.25, 0.3) is 0 Å². The second kappa shape index (κ2) is 5.58. The summed E-state index contributed by atoms with van der Waals surface area (Å²) in [5.74, 6) is 0.679. The molecule has 6 heteroatoms. The van der Waals surface area contributed by atoms with Crippen LogP contribution < -0.4 is 5.32 Å². The second-order valence-electron chi connectivity index (χ2n) is 5.39. The molecule has 106 valence electrons. The Bertz CT molecular complexity index is 550. The Hall–Kier alpha value is -1.95. The molecule has 3 rings (SSSR count). The molecule has 0 radical (unpaired) electrons. The molecule has 0 bridgehead atoms. The van der Waals surface area contributed by atoms with Crippen LogP contribution in [0, 0.1) is 5.41 Å². The average molecular weight is 273 g/mol. The van der Waals surface area contributed by atoms with Crippen molar-refractivity contribution in [2.75, 3.05) is 25.6 Å². The number of ether oxygens (including phenoxy) is 1. The predicted octanol–water partition coefficient (Wildman–Crippen LogP) is 1.89. The maximum atomic E-state index is 5.34. The summed E-state index contributed by atoms with van der Waals surface area (Å²) in [5.41, 5.74) is 1.19. The number of nitrogens with one attached hydrogen (secondary N) is 1. The predicted molar refractivity (Wildman–Crippen MR) is 75.8 cm³/mol. The maximum Gasteiger partial charge on any atom is 0.247 e. The van der Waals surface area contributed by atoms with Crippen LogP contribution in [0.25, 0.3) is 5.69 Å². The minimum absolute atomic E-state index is 0.238. The zero-order valence-electron chi connectivity index (χ0n) is 11.6. The van der Waals surface area contributed by atoms with E-state index in [0.29, 0.717) is 5.95 Å². The van der Waals surface area contributed by atoms with Gasteiger partial charge < -0.3 is 10.1 Å². The molecule has 1 heterocycles. The van der Waals surface area contributed by atoms with E-state index in [0.717, 1.165) is 18.8 Å². The Morgan fingerprint density at radius 2 is 2.10 bits per heavy atom.